The van der Waals surface area contributed by atoms with Crippen LogP contribution in [-0.2, 0) is 19.4 Å². The van der Waals surface area contributed by atoms with Crippen LogP contribution in [0.25, 0.3) is 22.5 Å². The Morgan fingerprint density at radius 3 is 2.48 bits per heavy atom. The lowest BCUT2D eigenvalue weighted by Gasteiger charge is -2.09. The average molecular weight is 414 g/mol. The van der Waals surface area contributed by atoms with Crippen molar-refractivity contribution in [2.45, 2.75) is 40.2 Å². The molecule has 0 radical (unpaired) electrons. The minimum absolute atomic E-state index is 0.532. The summed E-state index contributed by atoms with van der Waals surface area (Å²) in [7, 11) is 0. The molecule has 0 bridgehead atoms. The summed E-state index contributed by atoms with van der Waals surface area (Å²) in [5, 5.41) is 19.1. The van der Waals surface area contributed by atoms with E-state index >= 15 is 0 Å². The van der Waals surface area contributed by atoms with Crippen molar-refractivity contribution in [3.8, 4) is 22.5 Å². The molecule has 2 heterocycles. The fourth-order valence-corrected chi connectivity index (χ4v) is 3.56. The average Bonchev–Trinajstić information content (AvgIpc) is 3.43. The molecular weight excluding hydrogens is 386 g/mol. The van der Waals surface area contributed by atoms with Crippen molar-refractivity contribution < 1.29 is 0 Å². The van der Waals surface area contributed by atoms with Crippen molar-refractivity contribution in [2.24, 2.45) is 5.92 Å². The van der Waals surface area contributed by atoms with Crippen molar-refractivity contribution in [2.75, 3.05) is 0 Å². The number of benzene rings is 2. The molecule has 0 amide bonds. The maximum absolute atomic E-state index is 4.77. The monoisotopic (exact) mass is 413 g/mol. The summed E-state index contributed by atoms with van der Waals surface area (Å²) in [6.45, 7) is 7.11. The first kappa shape index (κ1) is 20.7. The number of nitrogens with one attached hydrogen (secondary N) is 1. The van der Waals surface area contributed by atoms with E-state index in [0.29, 0.717) is 18.3 Å². The summed E-state index contributed by atoms with van der Waals surface area (Å²) in [5.41, 5.74) is 4.36. The Hall–Kier alpha value is -3.61. The molecule has 4 rings (SSSR count). The summed E-state index contributed by atoms with van der Waals surface area (Å²) < 4.78 is 2.03. The second kappa shape index (κ2) is 9.47. The van der Waals surface area contributed by atoms with E-state index in [4.69, 9.17) is 10.1 Å². The summed E-state index contributed by atoms with van der Waals surface area (Å²) in [6, 6.07) is 16.7. The van der Waals surface area contributed by atoms with Gasteiger partial charge in [-0.05, 0) is 40.0 Å². The highest BCUT2D eigenvalue weighted by Gasteiger charge is 2.12. The molecule has 0 atom stereocenters. The van der Waals surface area contributed by atoms with Crippen LogP contribution in [0.15, 0.2) is 60.7 Å². The first-order chi connectivity index (χ1) is 15.1. The van der Waals surface area contributed by atoms with Crippen molar-refractivity contribution in [3.63, 3.8) is 0 Å². The van der Waals surface area contributed by atoms with Crippen molar-refractivity contribution >= 4 is 0 Å². The SMILES string of the molecule is C/C=C/Cc1nc(CC(C)C)nn1Cc1ccc(-c2ccccc2-c2nnn[nH]2)cc1. The smallest absolute Gasteiger partial charge is 0.180 e. The number of hydrogen-bond acceptors (Lipinski definition) is 5. The van der Waals surface area contributed by atoms with Crippen LogP contribution in [0.4, 0.5) is 0 Å². The van der Waals surface area contributed by atoms with Gasteiger partial charge in [0.25, 0.3) is 0 Å². The Labute approximate surface area is 182 Å². The normalized spacial score (nSPS) is 11.6. The molecule has 0 fully saturated rings. The van der Waals surface area contributed by atoms with Crippen LogP contribution < -0.4 is 0 Å². The number of H-pyrrole nitrogens is 1. The molecule has 7 heteroatoms. The molecule has 0 aliphatic rings. The minimum atomic E-state index is 0.532. The van der Waals surface area contributed by atoms with Crippen LogP contribution >= 0.6 is 0 Å². The zero-order chi connectivity index (χ0) is 21.6. The lowest BCUT2D eigenvalue weighted by atomic mass is 9.98. The highest BCUT2D eigenvalue weighted by atomic mass is 15.5. The fourth-order valence-electron chi connectivity index (χ4n) is 3.56. The summed E-state index contributed by atoms with van der Waals surface area (Å²) in [4.78, 5) is 4.77. The van der Waals surface area contributed by atoms with Crippen LogP contribution in [0, 0.1) is 5.92 Å². The van der Waals surface area contributed by atoms with Gasteiger partial charge in [0, 0.05) is 18.4 Å². The van der Waals surface area contributed by atoms with Crippen molar-refractivity contribution in [3.05, 3.63) is 77.9 Å². The van der Waals surface area contributed by atoms with Crippen LogP contribution in [0.1, 0.15) is 38.0 Å². The van der Waals surface area contributed by atoms with Crippen LogP contribution in [-0.4, -0.2) is 35.4 Å². The molecule has 0 saturated heterocycles. The molecule has 0 aliphatic heterocycles. The third kappa shape index (κ3) is 4.94. The quantitative estimate of drug-likeness (QED) is 0.430. The second-order valence-corrected chi connectivity index (χ2v) is 7.97. The van der Waals surface area contributed by atoms with Gasteiger partial charge in [-0.2, -0.15) is 5.10 Å². The molecule has 0 spiro atoms. The van der Waals surface area contributed by atoms with E-state index in [1.54, 1.807) is 0 Å². The third-order valence-electron chi connectivity index (χ3n) is 5.04. The number of rotatable bonds is 8. The summed E-state index contributed by atoms with van der Waals surface area (Å²) in [6.07, 6.45) is 5.86. The van der Waals surface area contributed by atoms with E-state index in [1.807, 2.05) is 29.8 Å². The standard InChI is InChI=1S/C24H27N7/c1-4-5-10-23-25-22(15-17(2)3)28-31(23)16-18-11-13-19(14-12-18)20-8-6-7-9-21(20)24-26-29-30-27-24/h4-9,11-14,17H,10,15-16H2,1-3H3,(H,26,27,29,30)/b5-4+. The van der Waals surface area contributed by atoms with Gasteiger partial charge >= 0.3 is 0 Å². The molecule has 31 heavy (non-hydrogen) atoms. The molecule has 2 aromatic carbocycles. The molecule has 2 aromatic heterocycles. The van der Waals surface area contributed by atoms with E-state index in [1.165, 1.54) is 5.56 Å². The van der Waals surface area contributed by atoms with Crippen molar-refractivity contribution in [1.29, 1.82) is 0 Å². The molecule has 0 saturated carbocycles. The Kier molecular flexibility index (Phi) is 6.31. The highest BCUT2D eigenvalue weighted by molar-refractivity contribution is 5.80. The third-order valence-corrected chi connectivity index (χ3v) is 5.04. The summed E-state index contributed by atoms with van der Waals surface area (Å²) in [5.74, 6) is 3.11. The maximum Gasteiger partial charge on any atom is 0.180 e. The van der Waals surface area contributed by atoms with Gasteiger partial charge in [0.15, 0.2) is 11.6 Å². The number of allylic oxidation sites excluding steroid dienone is 2. The lowest BCUT2D eigenvalue weighted by Crippen LogP contribution is -2.07. The Balaban J connectivity index is 1.58. The number of nitrogens with zero attached hydrogens (tertiary/aromatic N) is 6. The zero-order valence-corrected chi connectivity index (χ0v) is 18.2. The van der Waals surface area contributed by atoms with Gasteiger partial charge in [-0.3, -0.25) is 0 Å². The predicted molar refractivity (Wildman–Crippen MR) is 121 cm³/mol. The molecule has 7 nitrogen and oxygen atoms in total. The van der Waals surface area contributed by atoms with E-state index in [-0.39, 0.29) is 0 Å². The van der Waals surface area contributed by atoms with Gasteiger partial charge in [-0.1, -0.05) is 74.5 Å². The lowest BCUT2D eigenvalue weighted by molar-refractivity contribution is 0.599. The van der Waals surface area contributed by atoms with E-state index < -0.39 is 0 Å². The second-order valence-electron chi connectivity index (χ2n) is 7.97. The topological polar surface area (TPSA) is 85.2 Å². The molecular formula is C24H27N7. The van der Waals surface area contributed by atoms with Crippen LogP contribution in [0.3, 0.4) is 0 Å². The Morgan fingerprint density at radius 2 is 1.81 bits per heavy atom. The van der Waals surface area contributed by atoms with Crippen LogP contribution in [0.2, 0.25) is 0 Å². The van der Waals surface area contributed by atoms with E-state index in [0.717, 1.165) is 41.2 Å². The zero-order valence-electron chi connectivity index (χ0n) is 18.2. The van der Waals surface area contributed by atoms with Gasteiger partial charge in [0.1, 0.15) is 5.82 Å². The summed E-state index contributed by atoms with van der Waals surface area (Å²) >= 11 is 0. The van der Waals surface area contributed by atoms with Crippen molar-refractivity contribution in [1.82, 2.24) is 35.4 Å². The van der Waals surface area contributed by atoms with E-state index in [2.05, 4.69) is 77.0 Å². The fraction of sp³-hybridized carbons (Fsp3) is 0.292. The highest BCUT2D eigenvalue weighted by Crippen LogP contribution is 2.29. The predicted octanol–water partition coefficient (Wildman–Crippen LogP) is 4.49. The Morgan fingerprint density at radius 1 is 1.03 bits per heavy atom. The number of hydrogen-bond donors (Lipinski definition) is 1. The number of tetrazole rings is 1. The first-order valence-corrected chi connectivity index (χ1v) is 10.6. The number of aromatic nitrogens is 7. The van der Waals surface area contributed by atoms with Gasteiger partial charge in [-0.25, -0.2) is 14.8 Å². The Bertz CT molecular complexity index is 1140. The molecule has 0 aliphatic carbocycles. The van der Waals surface area contributed by atoms with E-state index in [9.17, 15) is 0 Å². The molecule has 1 N–H and O–H groups in total. The molecule has 158 valence electrons. The van der Waals surface area contributed by atoms with Gasteiger partial charge in [0.05, 0.1) is 6.54 Å². The van der Waals surface area contributed by atoms with Crippen LogP contribution in [0.5, 0.6) is 0 Å². The van der Waals surface area contributed by atoms with Gasteiger partial charge < -0.3 is 0 Å². The minimum Gasteiger partial charge on any atom is -0.245 e. The van der Waals surface area contributed by atoms with Gasteiger partial charge in [-0.15, -0.1) is 5.10 Å². The van der Waals surface area contributed by atoms with Gasteiger partial charge in [0.2, 0.25) is 0 Å². The first-order valence-electron chi connectivity index (χ1n) is 10.6. The molecule has 4 aromatic rings. The molecule has 0 unspecified atom stereocenters. The maximum atomic E-state index is 4.77. The largest absolute Gasteiger partial charge is 0.245 e. The number of aromatic amines is 1.